The molecule has 0 aliphatic rings. The van der Waals surface area contributed by atoms with E-state index < -0.39 is 24.3 Å². The van der Waals surface area contributed by atoms with E-state index in [4.69, 9.17) is 18.9 Å². The van der Waals surface area contributed by atoms with Crippen molar-refractivity contribution in [2.24, 2.45) is 0 Å². The first-order chi connectivity index (χ1) is 37.1. The van der Waals surface area contributed by atoms with Gasteiger partial charge in [0.15, 0.2) is 12.4 Å². The van der Waals surface area contributed by atoms with Crippen LogP contribution in [0.5, 0.6) is 0 Å². The topological polar surface area (TPSA) is 111 Å². The molecule has 446 valence electrons. The van der Waals surface area contributed by atoms with Gasteiger partial charge in [0.05, 0.1) is 40.3 Å². The molecule has 0 saturated carbocycles. The first kappa shape index (κ1) is 73.5. The Bertz CT molecular complexity index is 1340. The number of carboxylic acid groups (broad SMARTS) is 1. The fourth-order valence-corrected chi connectivity index (χ4v) is 9.61. The van der Waals surface area contributed by atoms with E-state index >= 15 is 0 Å². The lowest BCUT2D eigenvalue weighted by Gasteiger charge is -2.26. The van der Waals surface area contributed by atoms with E-state index in [-0.39, 0.29) is 32.2 Å². The summed E-state index contributed by atoms with van der Waals surface area (Å²) in [6, 6.07) is 0. The van der Waals surface area contributed by atoms with Gasteiger partial charge in [0, 0.05) is 12.8 Å². The maximum Gasteiger partial charge on any atom is 0.306 e. The first-order valence-electron chi connectivity index (χ1n) is 32.6. The SMILES string of the molecule is CCCCCCC/C=C\C/C=C\C/C=C\CCCCCCCCCCCCCCCCCCCCCCCCCCCCC(=O)OC(COC(=O)CCCCCCCCCCCC)COC(OCC[N+](C)(C)C)C(=O)[O-]. The zero-order valence-corrected chi connectivity index (χ0v) is 50.9. The molecule has 0 aliphatic heterocycles. The van der Waals surface area contributed by atoms with Crippen LogP contribution in [0.25, 0.3) is 0 Å². The molecule has 76 heavy (non-hydrogen) atoms. The van der Waals surface area contributed by atoms with Gasteiger partial charge in [-0.3, -0.25) is 9.59 Å². The molecule has 2 atom stereocenters. The van der Waals surface area contributed by atoms with Crippen molar-refractivity contribution in [1.29, 1.82) is 0 Å². The number of carbonyl (C=O) groups is 3. The lowest BCUT2D eigenvalue weighted by Crippen LogP contribution is -2.44. The maximum absolute atomic E-state index is 12.8. The van der Waals surface area contributed by atoms with Crippen LogP contribution in [-0.2, 0) is 33.3 Å². The van der Waals surface area contributed by atoms with Crippen LogP contribution < -0.4 is 5.11 Å². The standard InChI is InChI=1S/C67H125NO8/c1-6-8-10-12-14-16-18-19-20-21-22-23-24-25-26-27-28-29-30-31-32-33-34-35-36-37-38-39-40-41-42-43-44-45-46-47-48-50-52-54-56-58-65(70)76-63(62-75-67(66(71)72)73-60-59-68(3,4)5)61-74-64(69)57-55-53-51-49-17-15-13-11-9-7-2/h18-19,21-22,24-25,63,67H,6-17,20,23,26-62H2,1-5H3/b19-18-,22-21-,25-24-. The van der Waals surface area contributed by atoms with Crippen molar-refractivity contribution in [1.82, 2.24) is 0 Å². The number of ether oxygens (including phenoxy) is 4. The highest BCUT2D eigenvalue weighted by molar-refractivity contribution is 5.70. The molecule has 0 heterocycles. The van der Waals surface area contributed by atoms with Gasteiger partial charge in [-0.05, 0) is 51.4 Å². The summed E-state index contributed by atoms with van der Waals surface area (Å²) in [5.74, 6) is -2.26. The zero-order chi connectivity index (χ0) is 55.5. The molecular weight excluding hydrogens is 947 g/mol. The molecule has 2 unspecified atom stereocenters. The molecule has 9 heteroatoms. The lowest BCUT2D eigenvalue weighted by molar-refractivity contribution is -0.870. The molecule has 0 rings (SSSR count). The number of nitrogens with zero attached hydrogens (tertiary/aromatic N) is 1. The number of likely N-dealkylation sites (N-methyl/N-ethyl adjacent to an activating group) is 1. The Morgan fingerprint density at radius 3 is 1.05 bits per heavy atom. The van der Waals surface area contributed by atoms with Gasteiger partial charge >= 0.3 is 11.9 Å². The summed E-state index contributed by atoms with van der Waals surface area (Å²) in [4.78, 5) is 37.1. The molecule has 0 aliphatic carbocycles. The smallest absolute Gasteiger partial charge is 0.306 e. The number of carbonyl (C=O) groups excluding carboxylic acids is 3. The van der Waals surface area contributed by atoms with Crippen molar-refractivity contribution < 1.29 is 42.9 Å². The summed E-state index contributed by atoms with van der Waals surface area (Å²) >= 11 is 0. The molecule has 0 bridgehead atoms. The van der Waals surface area contributed by atoms with Crippen LogP contribution in [0.2, 0.25) is 0 Å². The van der Waals surface area contributed by atoms with Crippen molar-refractivity contribution in [2.75, 3.05) is 47.5 Å². The summed E-state index contributed by atoms with van der Waals surface area (Å²) in [7, 11) is 5.93. The van der Waals surface area contributed by atoms with Crippen LogP contribution >= 0.6 is 0 Å². The molecule has 0 aromatic heterocycles. The Balaban J connectivity index is 3.84. The summed E-state index contributed by atoms with van der Waals surface area (Å²) in [6.07, 6.45) is 69.7. The minimum absolute atomic E-state index is 0.151. The molecule has 0 radical (unpaired) electrons. The van der Waals surface area contributed by atoms with Gasteiger partial charge in [0.2, 0.25) is 0 Å². The monoisotopic (exact) mass is 1070 g/mol. The minimum Gasteiger partial charge on any atom is -0.545 e. The van der Waals surface area contributed by atoms with Crippen molar-refractivity contribution in [3.63, 3.8) is 0 Å². The second-order valence-corrected chi connectivity index (χ2v) is 23.4. The largest absolute Gasteiger partial charge is 0.545 e. The molecule has 0 amide bonds. The number of unbranched alkanes of at least 4 members (excludes halogenated alkanes) is 40. The molecule has 0 aromatic carbocycles. The third-order valence-corrected chi connectivity index (χ3v) is 14.6. The second kappa shape index (κ2) is 58.7. The Kier molecular flexibility index (Phi) is 56.7. The van der Waals surface area contributed by atoms with E-state index in [9.17, 15) is 19.5 Å². The zero-order valence-electron chi connectivity index (χ0n) is 50.9. The van der Waals surface area contributed by atoms with Crippen LogP contribution in [0.1, 0.15) is 316 Å². The molecular formula is C67H125NO8. The van der Waals surface area contributed by atoms with Crippen molar-refractivity contribution in [2.45, 2.75) is 328 Å². The minimum atomic E-state index is -1.62. The van der Waals surface area contributed by atoms with Crippen molar-refractivity contribution in [3.05, 3.63) is 36.5 Å². The highest BCUT2D eigenvalue weighted by atomic mass is 16.7. The Hall–Kier alpha value is -2.49. The number of allylic oxidation sites excluding steroid dienone is 6. The molecule has 0 spiro atoms. The Morgan fingerprint density at radius 1 is 0.395 bits per heavy atom. The fraction of sp³-hybridized carbons (Fsp3) is 0.866. The molecule has 9 nitrogen and oxygen atoms in total. The number of quaternary nitrogens is 1. The highest BCUT2D eigenvalue weighted by Gasteiger charge is 2.22. The number of esters is 2. The van der Waals surface area contributed by atoms with Gasteiger partial charge in [-0.2, -0.15) is 0 Å². The van der Waals surface area contributed by atoms with E-state index in [0.717, 1.165) is 51.4 Å². The predicted molar refractivity (Wildman–Crippen MR) is 320 cm³/mol. The number of hydrogen-bond acceptors (Lipinski definition) is 8. The van der Waals surface area contributed by atoms with Crippen LogP contribution in [0.15, 0.2) is 36.5 Å². The van der Waals surface area contributed by atoms with E-state index in [2.05, 4.69) is 50.3 Å². The second-order valence-electron chi connectivity index (χ2n) is 23.4. The van der Waals surface area contributed by atoms with Crippen LogP contribution in [0.3, 0.4) is 0 Å². The number of carboxylic acids is 1. The van der Waals surface area contributed by atoms with Gasteiger partial charge < -0.3 is 33.3 Å². The summed E-state index contributed by atoms with van der Waals surface area (Å²) in [5.41, 5.74) is 0. The third kappa shape index (κ3) is 59.2. The lowest BCUT2D eigenvalue weighted by atomic mass is 10.0. The fourth-order valence-electron chi connectivity index (χ4n) is 9.61. The van der Waals surface area contributed by atoms with E-state index in [0.29, 0.717) is 17.4 Å². The van der Waals surface area contributed by atoms with Crippen LogP contribution in [0.4, 0.5) is 0 Å². The molecule has 0 saturated heterocycles. The van der Waals surface area contributed by atoms with Crippen LogP contribution in [-0.4, -0.2) is 82.3 Å². The summed E-state index contributed by atoms with van der Waals surface area (Å²) in [5, 5.41) is 11.7. The average Bonchev–Trinajstić information content (AvgIpc) is 3.39. The van der Waals surface area contributed by atoms with Gasteiger partial charge in [0.1, 0.15) is 13.2 Å². The van der Waals surface area contributed by atoms with Gasteiger partial charge in [0.25, 0.3) is 0 Å². The highest BCUT2D eigenvalue weighted by Crippen LogP contribution is 2.18. The molecule has 0 N–H and O–H groups in total. The van der Waals surface area contributed by atoms with Gasteiger partial charge in [-0.15, -0.1) is 0 Å². The molecule has 0 aromatic rings. The first-order valence-corrected chi connectivity index (χ1v) is 32.6. The van der Waals surface area contributed by atoms with Gasteiger partial charge in [-0.1, -0.05) is 288 Å². The van der Waals surface area contributed by atoms with Crippen molar-refractivity contribution >= 4 is 17.9 Å². The van der Waals surface area contributed by atoms with E-state index in [1.807, 2.05) is 21.1 Å². The number of hydrogen-bond donors (Lipinski definition) is 0. The van der Waals surface area contributed by atoms with Crippen LogP contribution in [0, 0.1) is 0 Å². The third-order valence-electron chi connectivity index (χ3n) is 14.6. The Morgan fingerprint density at radius 2 is 0.711 bits per heavy atom. The van der Waals surface area contributed by atoms with Crippen molar-refractivity contribution in [3.8, 4) is 0 Å². The maximum atomic E-state index is 12.8. The predicted octanol–water partition coefficient (Wildman–Crippen LogP) is 18.3. The summed E-state index contributed by atoms with van der Waals surface area (Å²) < 4.78 is 22.7. The van der Waals surface area contributed by atoms with Gasteiger partial charge in [-0.25, -0.2) is 0 Å². The quantitative estimate of drug-likeness (QED) is 0.0195. The number of aliphatic carboxylic acids is 1. The average molecular weight is 1070 g/mol. The molecule has 0 fully saturated rings. The number of rotatable bonds is 61. The Labute approximate surface area is 470 Å². The summed E-state index contributed by atoms with van der Waals surface area (Å²) in [6.45, 7) is 4.75. The normalized spacial score (nSPS) is 12.9. The van der Waals surface area contributed by atoms with E-state index in [1.165, 1.54) is 238 Å². The van der Waals surface area contributed by atoms with E-state index in [1.54, 1.807) is 0 Å².